The van der Waals surface area contributed by atoms with Gasteiger partial charge in [-0.25, -0.2) is 22.9 Å². The van der Waals surface area contributed by atoms with E-state index in [-0.39, 0.29) is 34.0 Å². The van der Waals surface area contributed by atoms with E-state index < -0.39 is 34.4 Å². The Morgan fingerprint density at radius 1 is 1.25 bits per heavy atom. The summed E-state index contributed by atoms with van der Waals surface area (Å²) in [4.78, 5) is 31.2. The third kappa shape index (κ3) is 2.32. The van der Waals surface area contributed by atoms with Crippen molar-refractivity contribution in [2.24, 2.45) is 23.0 Å². The van der Waals surface area contributed by atoms with Gasteiger partial charge in [-0.15, -0.1) is 0 Å². The van der Waals surface area contributed by atoms with Crippen LogP contribution in [0.2, 0.25) is 0 Å². The summed E-state index contributed by atoms with van der Waals surface area (Å²) in [7, 11) is 1.09. The van der Waals surface area contributed by atoms with Crippen LogP contribution in [0, 0.1) is 34.7 Å². The van der Waals surface area contributed by atoms with E-state index in [9.17, 15) is 18.4 Å². The van der Waals surface area contributed by atoms with Gasteiger partial charge < -0.3 is 15.4 Å². The Morgan fingerprint density at radius 2 is 2.03 bits per heavy atom. The van der Waals surface area contributed by atoms with Gasteiger partial charge in [-0.1, -0.05) is 0 Å². The summed E-state index contributed by atoms with van der Waals surface area (Å²) in [5.41, 5.74) is 4.66. The summed E-state index contributed by atoms with van der Waals surface area (Å²) in [6, 6.07) is 3.97. The Balaban J connectivity index is 1.57. The van der Waals surface area contributed by atoms with Gasteiger partial charge in [0.05, 0.1) is 18.2 Å². The van der Waals surface area contributed by atoms with Crippen molar-refractivity contribution in [3.05, 3.63) is 63.7 Å². The van der Waals surface area contributed by atoms with E-state index in [0.29, 0.717) is 31.0 Å². The first-order valence-electron chi connectivity index (χ1n) is 10.1. The van der Waals surface area contributed by atoms with E-state index in [0.717, 1.165) is 36.1 Å². The van der Waals surface area contributed by atoms with Gasteiger partial charge in [-0.05, 0) is 30.0 Å². The van der Waals surface area contributed by atoms with Crippen LogP contribution >= 0.6 is 0 Å². The normalized spacial score (nSPS) is 27.3. The van der Waals surface area contributed by atoms with E-state index in [1.807, 2.05) is 0 Å². The molecule has 2 saturated carbocycles. The van der Waals surface area contributed by atoms with Crippen LogP contribution in [-0.2, 0) is 4.74 Å². The average molecular weight is 442 g/mol. The molecule has 3 heterocycles. The lowest BCUT2D eigenvalue weighted by Gasteiger charge is -2.21. The van der Waals surface area contributed by atoms with Crippen LogP contribution in [0.4, 0.5) is 19.0 Å². The van der Waals surface area contributed by atoms with Crippen molar-refractivity contribution in [1.29, 1.82) is 0 Å². The number of carbonyl (C=O) groups excluding carboxylic acids is 1. The monoisotopic (exact) mass is 442 g/mol. The number of nitrogens with two attached hydrogens (primary N) is 1. The number of anilines is 1. The van der Waals surface area contributed by atoms with Crippen molar-refractivity contribution in [2.45, 2.75) is 6.04 Å². The standard InChI is InChI=1S/C22H17F3N4O3/c1-32-21(31)11-6-29(15-3-2-9(23)4-13(15)24)19-10(17(11)30)5-14(25)20(27-19)28-7-12-16-18(26)22(12,16)8-28/h2-6,12,16,18H,7-8,26H2,1H3. The lowest BCUT2D eigenvalue weighted by molar-refractivity contribution is 0.0599. The molecule has 164 valence electrons. The molecule has 3 aliphatic rings. The number of ether oxygens (including phenoxy) is 1. The maximum Gasteiger partial charge on any atom is 0.343 e. The van der Waals surface area contributed by atoms with Gasteiger partial charge >= 0.3 is 5.97 Å². The number of pyridine rings is 2. The Kier molecular flexibility index (Phi) is 3.68. The predicted molar refractivity (Wildman–Crippen MR) is 108 cm³/mol. The molecule has 1 spiro atoms. The number of aromatic nitrogens is 2. The fourth-order valence-corrected chi connectivity index (χ4v) is 5.43. The molecule has 0 amide bonds. The van der Waals surface area contributed by atoms with Crippen molar-refractivity contribution in [3.63, 3.8) is 0 Å². The van der Waals surface area contributed by atoms with Gasteiger partial charge in [0.1, 0.15) is 17.2 Å². The van der Waals surface area contributed by atoms with Crippen LogP contribution in [0.3, 0.4) is 0 Å². The number of rotatable bonds is 3. The Bertz CT molecular complexity index is 1410. The van der Waals surface area contributed by atoms with Gasteiger partial charge in [0.25, 0.3) is 0 Å². The number of esters is 1. The summed E-state index contributed by atoms with van der Waals surface area (Å²) >= 11 is 0. The first-order valence-corrected chi connectivity index (χ1v) is 10.1. The molecule has 0 radical (unpaired) electrons. The Morgan fingerprint density at radius 3 is 2.69 bits per heavy atom. The largest absolute Gasteiger partial charge is 0.465 e. The summed E-state index contributed by atoms with van der Waals surface area (Å²) in [6.45, 7) is 1.16. The smallest absolute Gasteiger partial charge is 0.343 e. The highest BCUT2D eigenvalue weighted by Crippen LogP contribution is 2.81. The maximum atomic E-state index is 15.1. The molecule has 4 atom stereocenters. The molecule has 2 aliphatic carbocycles. The molecular formula is C22H17F3N4O3. The van der Waals surface area contributed by atoms with Gasteiger partial charge in [-0.3, -0.25) is 9.36 Å². The molecule has 1 aromatic carbocycles. The van der Waals surface area contributed by atoms with E-state index >= 15 is 4.39 Å². The molecule has 10 heteroatoms. The molecule has 2 aromatic heterocycles. The van der Waals surface area contributed by atoms with E-state index in [1.54, 1.807) is 4.90 Å². The lowest BCUT2D eigenvalue weighted by atomic mass is 10.1. The van der Waals surface area contributed by atoms with Crippen LogP contribution in [0.1, 0.15) is 10.4 Å². The molecule has 6 rings (SSSR count). The molecule has 32 heavy (non-hydrogen) atoms. The lowest BCUT2D eigenvalue weighted by Crippen LogP contribution is -2.26. The minimum atomic E-state index is -0.967. The summed E-state index contributed by atoms with van der Waals surface area (Å²) in [6.07, 6.45) is 1.08. The number of methoxy groups -OCH3 is 1. The van der Waals surface area contributed by atoms with Crippen molar-refractivity contribution in [2.75, 3.05) is 25.1 Å². The SMILES string of the molecule is COC(=O)c1cn(-c2ccc(F)cc2F)c2nc(N3CC4C5C(N)C45C3)c(F)cc2c1=O. The summed E-state index contributed by atoms with van der Waals surface area (Å²) < 4.78 is 49.0. The van der Waals surface area contributed by atoms with Crippen molar-refractivity contribution < 1.29 is 22.7 Å². The van der Waals surface area contributed by atoms with E-state index in [2.05, 4.69) is 9.72 Å². The Hall–Kier alpha value is -3.40. The van der Waals surface area contributed by atoms with Crippen LogP contribution in [0.15, 0.2) is 35.3 Å². The number of carbonyl (C=O) groups is 1. The summed E-state index contributed by atoms with van der Waals surface area (Å²) in [5, 5.41) is -0.221. The second-order valence-corrected chi connectivity index (χ2v) is 8.65. The minimum absolute atomic E-state index is 0.0263. The number of benzene rings is 1. The van der Waals surface area contributed by atoms with Crippen LogP contribution in [0.25, 0.3) is 16.7 Å². The van der Waals surface area contributed by atoms with Crippen molar-refractivity contribution in [1.82, 2.24) is 9.55 Å². The van der Waals surface area contributed by atoms with Crippen LogP contribution in [-0.4, -0.2) is 41.8 Å². The zero-order valence-corrected chi connectivity index (χ0v) is 16.8. The third-order valence-electron chi connectivity index (χ3n) is 7.20. The number of hydrogen-bond acceptors (Lipinski definition) is 6. The zero-order valence-electron chi connectivity index (χ0n) is 16.8. The van der Waals surface area contributed by atoms with Crippen molar-refractivity contribution in [3.8, 4) is 5.69 Å². The topological polar surface area (TPSA) is 90.5 Å². The highest BCUT2D eigenvalue weighted by atomic mass is 19.1. The number of fused-ring (bicyclic) bond motifs is 2. The molecule has 0 bridgehead atoms. The fraction of sp³-hybridized carbons (Fsp3) is 0.318. The average Bonchev–Trinajstić information content (AvgIpc) is 3.54. The highest BCUT2D eigenvalue weighted by molar-refractivity contribution is 5.93. The molecule has 2 N–H and O–H groups in total. The first-order chi connectivity index (χ1) is 15.3. The molecular weight excluding hydrogens is 425 g/mol. The Labute approximate surface area is 179 Å². The predicted octanol–water partition coefficient (Wildman–Crippen LogP) is 1.98. The zero-order chi connectivity index (χ0) is 22.5. The van der Waals surface area contributed by atoms with Crippen LogP contribution in [0.5, 0.6) is 0 Å². The molecule has 3 aromatic rings. The second-order valence-electron chi connectivity index (χ2n) is 8.65. The van der Waals surface area contributed by atoms with Crippen LogP contribution < -0.4 is 16.1 Å². The molecule has 4 unspecified atom stereocenters. The van der Waals surface area contributed by atoms with Gasteiger partial charge in [-0.2, -0.15) is 0 Å². The summed E-state index contributed by atoms with van der Waals surface area (Å²) in [5.74, 6) is -2.51. The number of halogens is 3. The quantitative estimate of drug-likeness (QED) is 0.624. The molecule has 1 aliphatic heterocycles. The number of hydrogen-bond donors (Lipinski definition) is 1. The van der Waals surface area contributed by atoms with Gasteiger partial charge in [0, 0.05) is 36.8 Å². The molecule has 7 nitrogen and oxygen atoms in total. The first kappa shape index (κ1) is 19.3. The second kappa shape index (κ2) is 6.10. The third-order valence-corrected chi connectivity index (χ3v) is 7.20. The molecule has 1 saturated heterocycles. The van der Waals surface area contributed by atoms with E-state index in [4.69, 9.17) is 5.73 Å². The minimum Gasteiger partial charge on any atom is -0.465 e. The number of piperidine rings is 1. The van der Waals surface area contributed by atoms with Gasteiger partial charge in [0.2, 0.25) is 5.43 Å². The van der Waals surface area contributed by atoms with Gasteiger partial charge in [0.15, 0.2) is 17.3 Å². The number of nitrogens with zero attached hydrogens (tertiary/aromatic N) is 3. The van der Waals surface area contributed by atoms with E-state index in [1.165, 1.54) is 0 Å². The molecule has 3 fully saturated rings. The van der Waals surface area contributed by atoms with Crippen molar-refractivity contribution >= 4 is 22.8 Å². The highest BCUT2D eigenvalue weighted by Gasteiger charge is 2.87. The fourth-order valence-electron chi connectivity index (χ4n) is 5.43. The maximum absolute atomic E-state index is 15.1.